The summed E-state index contributed by atoms with van der Waals surface area (Å²) in [6.07, 6.45) is 0. The highest BCUT2D eigenvalue weighted by Crippen LogP contribution is 2.23. The molecule has 2 atom stereocenters. The average Bonchev–Trinajstić information content (AvgIpc) is 2.72. The minimum Gasteiger partial charge on any atom is -0.459 e. The Morgan fingerprint density at radius 3 is 2.71 bits per heavy atom. The summed E-state index contributed by atoms with van der Waals surface area (Å²) in [4.78, 5) is 11.5. The Balaban J connectivity index is 2.19. The summed E-state index contributed by atoms with van der Waals surface area (Å²) in [6, 6.07) is 8.99. The van der Waals surface area contributed by atoms with Crippen molar-refractivity contribution in [1.82, 2.24) is 5.32 Å². The van der Waals surface area contributed by atoms with Gasteiger partial charge in [0.25, 0.3) is 0 Å². The van der Waals surface area contributed by atoms with Crippen LogP contribution in [0, 0.1) is 0 Å². The average molecular weight is 232 g/mol. The molecular formula is C13H16N2O2. The van der Waals surface area contributed by atoms with E-state index in [1.807, 2.05) is 37.3 Å². The number of nitrogens with two attached hydrogens (primary N) is 1. The Bertz CT molecular complexity index is 498. The lowest BCUT2D eigenvalue weighted by Crippen LogP contribution is -2.39. The van der Waals surface area contributed by atoms with Crippen LogP contribution in [0.1, 0.15) is 25.6 Å². The highest BCUT2D eigenvalue weighted by molar-refractivity contribution is 5.82. The second-order valence-electron chi connectivity index (χ2n) is 4.21. The van der Waals surface area contributed by atoms with E-state index in [2.05, 4.69) is 5.32 Å². The molecule has 17 heavy (non-hydrogen) atoms. The van der Waals surface area contributed by atoms with E-state index in [4.69, 9.17) is 10.2 Å². The van der Waals surface area contributed by atoms with Crippen molar-refractivity contribution in [1.29, 1.82) is 0 Å². The molecule has 1 aromatic carbocycles. The van der Waals surface area contributed by atoms with Crippen LogP contribution in [0.4, 0.5) is 0 Å². The summed E-state index contributed by atoms with van der Waals surface area (Å²) < 4.78 is 5.65. The van der Waals surface area contributed by atoms with Crippen LogP contribution in [0.3, 0.4) is 0 Å². The van der Waals surface area contributed by atoms with Crippen LogP contribution in [0.25, 0.3) is 11.0 Å². The number of para-hydroxylation sites is 1. The number of rotatable bonds is 3. The zero-order valence-corrected chi connectivity index (χ0v) is 9.94. The third kappa shape index (κ3) is 2.47. The summed E-state index contributed by atoms with van der Waals surface area (Å²) >= 11 is 0. The number of hydrogen-bond donors (Lipinski definition) is 2. The van der Waals surface area contributed by atoms with Crippen molar-refractivity contribution >= 4 is 16.9 Å². The molecule has 4 heteroatoms. The van der Waals surface area contributed by atoms with Crippen molar-refractivity contribution in [2.24, 2.45) is 5.73 Å². The molecule has 0 saturated carbocycles. The van der Waals surface area contributed by atoms with Crippen LogP contribution >= 0.6 is 0 Å². The van der Waals surface area contributed by atoms with E-state index >= 15 is 0 Å². The molecule has 0 aliphatic rings. The first-order valence-corrected chi connectivity index (χ1v) is 5.62. The Labute approximate surface area is 99.8 Å². The maximum atomic E-state index is 11.5. The fraction of sp³-hybridized carbons (Fsp3) is 0.308. The maximum absolute atomic E-state index is 11.5. The SMILES string of the molecule is CC(N)C(=O)NC(C)c1cc2ccccc2o1. The van der Waals surface area contributed by atoms with Gasteiger partial charge in [0.15, 0.2) is 0 Å². The molecule has 1 heterocycles. The van der Waals surface area contributed by atoms with Crippen LogP contribution in [-0.2, 0) is 4.79 Å². The minimum atomic E-state index is -0.512. The van der Waals surface area contributed by atoms with Crippen LogP contribution in [0.15, 0.2) is 34.7 Å². The van der Waals surface area contributed by atoms with Gasteiger partial charge in [-0.25, -0.2) is 0 Å². The fourth-order valence-electron chi connectivity index (χ4n) is 1.63. The van der Waals surface area contributed by atoms with Gasteiger partial charge < -0.3 is 15.5 Å². The van der Waals surface area contributed by atoms with Crippen molar-refractivity contribution < 1.29 is 9.21 Å². The van der Waals surface area contributed by atoms with Gasteiger partial charge in [-0.15, -0.1) is 0 Å². The molecule has 0 fully saturated rings. The van der Waals surface area contributed by atoms with E-state index in [-0.39, 0.29) is 11.9 Å². The van der Waals surface area contributed by atoms with Crippen molar-refractivity contribution in [3.63, 3.8) is 0 Å². The first-order valence-electron chi connectivity index (χ1n) is 5.62. The highest BCUT2D eigenvalue weighted by atomic mass is 16.3. The second-order valence-corrected chi connectivity index (χ2v) is 4.21. The maximum Gasteiger partial charge on any atom is 0.237 e. The summed E-state index contributed by atoms with van der Waals surface area (Å²) in [6.45, 7) is 3.53. The molecule has 1 amide bonds. The van der Waals surface area contributed by atoms with Crippen molar-refractivity contribution in [3.05, 3.63) is 36.1 Å². The topological polar surface area (TPSA) is 68.3 Å². The smallest absolute Gasteiger partial charge is 0.237 e. The van der Waals surface area contributed by atoms with Crippen molar-refractivity contribution in [3.8, 4) is 0 Å². The molecule has 0 aliphatic carbocycles. The Morgan fingerprint density at radius 2 is 2.06 bits per heavy atom. The van der Waals surface area contributed by atoms with Crippen LogP contribution in [0.2, 0.25) is 0 Å². The molecule has 90 valence electrons. The fourth-order valence-corrected chi connectivity index (χ4v) is 1.63. The van der Waals surface area contributed by atoms with E-state index < -0.39 is 6.04 Å². The van der Waals surface area contributed by atoms with Crippen molar-refractivity contribution in [2.45, 2.75) is 25.9 Å². The molecule has 4 nitrogen and oxygen atoms in total. The van der Waals surface area contributed by atoms with Gasteiger partial charge >= 0.3 is 0 Å². The lowest BCUT2D eigenvalue weighted by atomic mass is 10.2. The van der Waals surface area contributed by atoms with Crippen LogP contribution in [0.5, 0.6) is 0 Å². The molecule has 0 spiro atoms. The number of carbonyl (C=O) groups excluding carboxylic acids is 1. The summed E-state index contributed by atoms with van der Waals surface area (Å²) in [5, 5.41) is 3.83. The standard InChI is InChI=1S/C13H16N2O2/c1-8(14)13(16)15-9(2)12-7-10-5-3-4-6-11(10)17-12/h3-9H,14H2,1-2H3,(H,15,16). The normalized spacial score (nSPS) is 14.5. The summed E-state index contributed by atoms with van der Waals surface area (Å²) in [5.41, 5.74) is 6.32. The Kier molecular flexibility index (Phi) is 3.15. The molecule has 2 rings (SSSR count). The molecule has 2 aromatic rings. The van der Waals surface area contributed by atoms with E-state index in [1.54, 1.807) is 6.92 Å². The van der Waals surface area contributed by atoms with Gasteiger partial charge in [-0.1, -0.05) is 18.2 Å². The number of nitrogens with one attached hydrogen (secondary N) is 1. The zero-order valence-electron chi connectivity index (χ0n) is 9.94. The predicted octanol–water partition coefficient (Wildman–Crippen LogP) is 1.96. The van der Waals surface area contributed by atoms with Gasteiger partial charge in [-0.3, -0.25) is 4.79 Å². The largest absolute Gasteiger partial charge is 0.459 e. The van der Waals surface area contributed by atoms with E-state index in [0.29, 0.717) is 0 Å². The minimum absolute atomic E-state index is 0.180. The van der Waals surface area contributed by atoms with Gasteiger partial charge in [-0.2, -0.15) is 0 Å². The first-order chi connectivity index (χ1) is 8.08. The van der Waals surface area contributed by atoms with Gasteiger partial charge in [0.2, 0.25) is 5.91 Å². The van der Waals surface area contributed by atoms with Crippen LogP contribution in [-0.4, -0.2) is 11.9 Å². The van der Waals surface area contributed by atoms with E-state index in [0.717, 1.165) is 16.7 Å². The Morgan fingerprint density at radius 1 is 1.35 bits per heavy atom. The van der Waals surface area contributed by atoms with Gasteiger partial charge in [-0.05, 0) is 26.0 Å². The quantitative estimate of drug-likeness (QED) is 0.850. The first kappa shape index (κ1) is 11.7. The number of benzene rings is 1. The zero-order chi connectivity index (χ0) is 12.4. The van der Waals surface area contributed by atoms with Gasteiger partial charge in [0.1, 0.15) is 11.3 Å². The third-order valence-electron chi connectivity index (χ3n) is 2.64. The molecule has 2 unspecified atom stereocenters. The number of carbonyl (C=O) groups is 1. The monoisotopic (exact) mass is 232 g/mol. The summed E-state index contributed by atoms with van der Waals surface area (Å²) in [7, 11) is 0. The second kappa shape index (κ2) is 4.59. The van der Waals surface area contributed by atoms with Gasteiger partial charge in [0, 0.05) is 5.39 Å². The molecule has 0 bridgehead atoms. The number of amides is 1. The molecule has 0 aliphatic heterocycles. The van der Waals surface area contributed by atoms with Crippen LogP contribution < -0.4 is 11.1 Å². The lowest BCUT2D eigenvalue weighted by molar-refractivity contribution is -0.122. The molecule has 3 N–H and O–H groups in total. The van der Waals surface area contributed by atoms with Crippen molar-refractivity contribution in [2.75, 3.05) is 0 Å². The number of hydrogen-bond acceptors (Lipinski definition) is 3. The molecule has 1 aromatic heterocycles. The molecule has 0 radical (unpaired) electrons. The number of furan rings is 1. The lowest BCUT2D eigenvalue weighted by Gasteiger charge is -2.12. The predicted molar refractivity (Wildman–Crippen MR) is 66.4 cm³/mol. The Hall–Kier alpha value is -1.81. The number of fused-ring (bicyclic) bond motifs is 1. The van der Waals surface area contributed by atoms with Gasteiger partial charge in [0.05, 0.1) is 12.1 Å². The van der Waals surface area contributed by atoms with E-state index in [9.17, 15) is 4.79 Å². The third-order valence-corrected chi connectivity index (χ3v) is 2.64. The highest BCUT2D eigenvalue weighted by Gasteiger charge is 2.15. The molecule has 0 saturated heterocycles. The van der Waals surface area contributed by atoms with E-state index in [1.165, 1.54) is 0 Å². The molecular weight excluding hydrogens is 216 g/mol. The summed E-state index contributed by atoms with van der Waals surface area (Å²) in [5.74, 6) is 0.554.